The number of nitrogens with zero attached hydrogens (tertiary/aromatic N) is 3. The van der Waals surface area contributed by atoms with Gasteiger partial charge < -0.3 is 20.5 Å². The van der Waals surface area contributed by atoms with Gasteiger partial charge in [-0.3, -0.25) is 14.8 Å². The number of piperidine rings is 1. The predicted molar refractivity (Wildman–Crippen MR) is 137 cm³/mol. The van der Waals surface area contributed by atoms with Crippen LogP contribution in [0.1, 0.15) is 37.8 Å². The highest BCUT2D eigenvalue weighted by molar-refractivity contribution is 14.0. The van der Waals surface area contributed by atoms with Crippen LogP contribution in [0.25, 0.3) is 0 Å². The highest BCUT2D eigenvalue weighted by Gasteiger charge is 2.28. The Morgan fingerprint density at radius 1 is 1.06 bits per heavy atom. The average molecular weight is 546 g/mol. The third kappa shape index (κ3) is 8.49. The molecule has 0 aliphatic carbocycles. The zero-order chi connectivity index (χ0) is 21.4. The lowest BCUT2D eigenvalue weighted by molar-refractivity contribution is -0.00834. The molecule has 176 valence electrons. The van der Waals surface area contributed by atoms with Gasteiger partial charge >= 0.3 is 0 Å². The van der Waals surface area contributed by atoms with E-state index < -0.39 is 0 Å². The molecule has 0 spiro atoms. The summed E-state index contributed by atoms with van der Waals surface area (Å²) in [4.78, 5) is 9.27. The number of morpholine rings is 1. The van der Waals surface area contributed by atoms with E-state index in [-0.39, 0.29) is 35.6 Å². The van der Waals surface area contributed by atoms with E-state index in [2.05, 4.69) is 63.5 Å². The lowest BCUT2D eigenvalue weighted by Gasteiger charge is -2.41. The molecule has 2 aliphatic rings. The van der Waals surface area contributed by atoms with Gasteiger partial charge in [-0.1, -0.05) is 24.3 Å². The van der Waals surface area contributed by atoms with E-state index in [0.29, 0.717) is 0 Å². The molecule has 3 rings (SSSR count). The van der Waals surface area contributed by atoms with Crippen molar-refractivity contribution in [2.75, 3.05) is 53.0 Å². The van der Waals surface area contributed by atoms with Gasteiger partial charge in [0.15, 0.2) is 5.96 Å². The highest BCUT2D eigenvalue weighted by atomic mass is 127. The summed E-state index contributed by atoms with van der Waals surface area (Å²) >= 11 is 0. The lowest BCUT2D eigenvalue weighted by atomic mass is 10.0. The molecule has 0 aromatic heterocycles. The standard InChI is InChI=1S/C23H39N5O2.HI/c1-23(2,28-12-14-30-15-13-28)18-26-22(24-3)25-16-19-4-6-20(7-5-19)17-27-10-8-21(29)9-11-27;/h4-7,21,29H,8-18H2,1-3H3,(H2,24,25,26);1H. The number of nitrogens with one attached hydrogen (secondary N) is 2. The second-order valence-electron chi connectivity index (χ2n) is 9.01. The van der Waals surface area contributed by atoms with Crippen molar-refractivity contribution in [1.82, 2.24) is 20.4 Å². The molecule has 0 unspecified atom stereocenters. The molecule has 7 nitrogen and oxygen atoms in total. The van der Waals surface area contributed by atoms with Crippen LogP contribution in [0.5, 0.6) is 0 Å². The first kappa shape index (κ1) is 26.3. The summed E-state index contributed by atoms with van der Waals surface area (Å²) in [6, 6.07) is 8.79. The Bertz CT molecular complexity index is 669. The van der Waals surface area contributed by atoms with Crippen molar-refractivity contribution in [3.05, 3.63) is 35.4 Å². The summed E-state index contributed by atoms with van der Waals surface area (Å²) in [6.45, 7) is 12.6. The topological polar surface area (TPSA) is 72.4 Å². The summed E-state index contributed by atoms with van der Waals surface area (Å²) in [5, 5.41) is 16.5. The van der Waals surface area contributed by atoms with Gasteiger partial charge in [-0.05, 0) is 37.8 Å². The molecule has 1 aromatic carbocycles. The number of likely N-dealkylation sites (tertiary alicyclic amines) is 1. The minimum Gasteiger partial charge on any atom is -0.393 e. The molecule has 3 N–H and O–H groups in total. The highest BCUT2D eigenvalue weighted by Crippen LogP contribution is 2.16. The van der Waals surface area contributed by atoms with Gasteiger partial charge in [0, 0.05) is 58.4 Å². The number of aliphatic hydroxyl groups excluding tert-OH is 1. The molecule has 0 amide bonds. The molecule has 0 bridgehead atoms. The molecule has 8 heteroatoms. The first-order valence-corrected chi connectivity index (χ1v) is 11.2. The molecule has 0 atom stereocenters. The van der Waals surface area contributed by atoms with Crippen LogP contribution in [-0.2, 0) is 17.8 Å². The third-order valence-corrected chi connectivity index (χ3v) is 6.23. The number of rotatable bonds is 7. The van der Waals surface area contributed by atoms with Crippen molar-refractivity contribution >= 4 is 29.9 Å². The fraction of sp³-hybridized carbons (Fsp3) is 0.696. The van der Waals surface area contributed by atoms with Crippen LogP contribution in [0.3, 0.4) is 0 Å². The SMILES string of the molecule is CN=C(NCc1ccc(CN2CCC(O)CC2)cc1)NCC(C)(C)N1CCOCC1.I. The van der Waals surface area contributed by atoms with Gasteiger partial charge in [-0.2, -0.15) is 0 Å². The number of aliphatic hydroxyl groups is 1. The molecule has 31 heavy (non-hydrogen) atoms. The van der Waals surface area contributed by atoms with Crippen LogP contribution < -0.4 is 10.6 Å². The number of aliphatic imine (C=N–C) groups is 1. The van der Waals surface area contributed by atoms with Crippen molar-refractivity contribution in [3.8, 4) is 0 Å². The molecule has 2 fully saturated rings. The minimum atomic E-state index is -0.114. The van der Waals surface area contributed by atoms with E-state index in [1.54, 1.807) is 0 Å². The summed E-state index contributed by atoms with van der Waals surface area (Å²) in [6.07, 6.45) is 1.66. The predicted octanol–water partition coefficient (Wildman–Crippen LogP) is 2.04. The van der Waals surface area contributed by atoms with Gasteiger partial charge in [0.05, 0.1) is 19.3 Å². The minimum absolute atomic E-state index is 0. The van der Waals surface area contributed by atoms with Gasteiger partial charge in [-0.25, -0.2) is 0 Å². The molecule has 2 heterocycles. The fourth-order valence-corrected chi connectivity index (χ4v) is 4.09. The molecular weight excluding hydrogens is 505 g/mol. The normalized spacial score (nSPS) is 19.7. The molecule has 0 radical (unpaired) electrons. The summed E-state index contributed by atoms with van der Waals surface area (Å²) < 4.78 is 5.47. The Morgan fingerprint density at radius 3 is 2.29 bits per heavy atom. The quantitative estimate of drug-likeness (QED) is 0.277. The second-order valence-corrected chi connectivity index (χ2v) is 9.01. The maximum absolute atomic E-state index is 9.65. The molecule has 2 aliphatic heterocycles. The average Bonchev–Trinajstić information content (AvgIpc) is 2.77. The number of benzene rings is 1. The van der Waals surface area contributed by atoms with E-state index >= 15 is 0 Å². The van der Waals surface area contributed by atoms with Crippen molar-refractivity contribution in [2.45, 2.75) is 51.4 Å². The van der Waals surface area contributed by atoms with Crippen LogP contribution >= 0.6 is 24.0 Å². The van der Waals surface area contributed by atoms with Crippen molar-refractivity contribution < 1.29 is 9.84 Å². The first-order valence-electron chi connectivity index (χ1n) is 11.2. The Kier molecular flexibility index (Phi) is 11.0. The van der Waals surface area contributed by atoms with E-state index in [9.17, 15) is 5.11 Å². The Balaban J connectivity index is 0.00000341. The van der Waals surface area contributed by atoms with Crippen molar-refractivity contribution in [1.29, 1.82) is 0 Å². The van der Waals surface area contributed by atoms with Crippen LogP contribution in [-0.4, -0.2) is 85.5 Å². The van der Waals surface area contributed by atoms with Gasteiger partial charge in [0.25, 0.3) is 0 Å². The van der Waals surface area contributed by atoms with Gasteiger partial charge in [0.2, 0.25) is 0 Å². The number of ether oxygens (including phenoxy) is 1. The van der Waals surface area contributed by atoms with Crippen LogP contribution in [0.2, 0.25) is 0 Å². The monoisotopic (exact) mass is 545 g/mol. The van der Waals surface area contributed by atoms with Gasteiger partial charge in [-0.15, -0.1) is 24.0 Å². The zero-order valence-electron chi connectivity index (χ0n) is 19.3. The summed E-state index contributed by atoms with van der Waals surface area (Å²) in [5.41, 5.74) is 2.61. The summed E-state index contributed by atoms with van der Waals surface area (Å²) in [5.74, 6) is 0.826. The smallest absolute Gasteiger partial charge is 0.191 e. The first-order chi connectivity index (χ1) is 14.5. The van der Waals surface area contributed by atoms with E-state index in [4.69, 9.17) is 4.74 Å². The Morgan fingerprint density at radius 2 is 1.68 bits per heavy atom. The maximum atomic E-state index is 9.65. The maximum Gasteiger partial charge on any atom is 0.191 e. The van der Waals surface area contributed by atoms with E-state index in [1.807, 2.05) is 7.05 Å². The van der Waals surface area contributed by atoms with Crippen molar-refractivity contribution in [2.24, 2.45) is 4.99 Å². The second kappa shape index (κ2) is 12.9. The number of guanidine groups is 1. The number of hydrogen-bond donors (Lipinski definition) is 3. The van der Waals surface area contributed by atoms with Crippen LogP contribution in [0.4, 0.5) is 0 Å². The molecular formula is C23H40IN5O2. The lowest BCUT2D eigenvalue weighted by Crippen LogP contribution is -2.56. The Labute approximate surface area is 204 Å². The third-order valence-electron chi connectivity index (χ3n) is 6.23. The zero-order valence-corrected chi connectivity index (χ0v) is 21.6. The molecule has 1 aromatic rings. The van der Waals surface area contributed by atoms with Crippen LogP contribution in [0, 0.1) is 0 Å². The number of halogens is 1. The largest absolute Gasteiger partial charge is 0.393 e. The fourth-order valence-electron chi connectivity index (χ4n) is 4.09. The van der Waals surface area contributed by atoms with Crippen molar-refractivity contribution in [3.63, 3.8) is 0 Å². The van der Waals surface area contributed by atoms with E-state index in [0.717, 1.165) is 77.8 Å². The van der Waals surface area contributed by atoms with Gasteiger partial charge in [0.1, 0.15) is 0 Å². The Hall–Kier alpha value is -0.940. The summed E-state index contributed by atoms with van der Waals surface area (Å²) in [7, 11) is 1.82. The van der Waals surface area contributed by atoms with Crippen LogP contribution in [0.15, 0.2) is 29.3 Å². The molecule has 0 saturated carbocycles. The van der Waals surface area contributed by atoms with E-state index in [1.165, 1.54) is 11.1 Å². The number of hydrogen-bond acceptors (Lipinski definition) is 5. The molecule has 2 saturated heterocycles.